The standard InChI is InChI=1S/C19H17ClN4O4S/c1-12(29-16-8-6-15(7-9-16)24(26)27)19(25)21-11-10-17-22-18(23-28-17)13-2-4-14(20)5-3-13/h2-9,12H,10-11H2,1H3,(H,21,25). The highest BCUT2D eigenvalue weighted by molar-refractivity contribution is 8.00. The Labute approximate surface area is 175 Å². The summed E-state index contributed by atoms with van der Waals surface area (Å²) in [5.74, 6) is 0.738. The maximum absolute atomic E-state index is 12.3. The highest BCUT2D eigenvalue weighted by atomic mass is 35.5. The van der Waals surface area contributed by atoms with E-state index in [-0.39, 0.29) is 16.8 Å². The van der Waals surface area contributed by atoms with E-state index in [1.54, 1.807) is 43.3 Å². The van der Waals surface area contributed by atoms with E-state index in [2.05, 4.69) is 15.5 Å². The van der Waals surface area contributed by atoms with Crippen LogP contribution in [0, 0.1) is 10.1 Å². The number of halogens is 1. The van der Waals surface area contributed by atoms with E-state index in [0.717, 1.165) is 10.5 Å². The van der Waals surface area contributed by atoms with Gasteiger partial charge >= 0.3 is 0 Å². The van der Waals surface area contributed by atoms with Gasteiger partial charge in [-0.15, -0.1) is 11.8 Å². The van der Waals surface area contributed by atoms with Crippen LogP contribution < -0.4 is 5.32 Å². The van der Waals surface area contributed by atoms with Crippen molar-refractivity contribution < 1.29 is 14.2 Å². The Bertz CT molecular complexity index is 992. The predicted molar refractivity (Wildman–Crippen MR) is 110 cm³/mol. The first-order valence-corrected chi connectivity index (χ1v) is 9.95. The Kier molecular flexibility index (Phi) is 6.84. The van der Waals surface area contributed by atoms with Crippen molar-refractivity contribution in [3.05, 3.63) is 69.6 Å². The van der Waals surface area contributed by atoms with Gasteiger partial charge in [-0.05, 0) is 43.3 Å². The van der Waals surface area contributed by atoms with Crippen molar-refractivity contribution in [1.82, 2.24) is 15.5 Å². The van der Waals surface area contributed by atoms with Crippen LogP contribution in [0.25, 0.3) is 11.4 Å². The maximum atomic E-state index is 12.3. The van der Waals surface area contributed by atoms with Crippen LogP contribution in [-0.4, -0.2) is 32.8 Å². The molecule has 1 aromatic heterocycles. The third kappa shape index (κ3) is 5.78. The molecule has 1 N–H and O–H groups in total. The fraction of sp³-hybridized carbons (Fsp3) is 0.211. The van der Waals surface area contributed by atoms with Gasteiger partial charge in [0.25, 0.3) is 5.69 Å². The molecule has 150 valence electrons. The number of rotatable bonds is 8. The maximum Gasteiger partial charge on any atom is 0.269 e. The average molecular weight is 433 g/mol. The lowest BCUT2D eigenvalue weighted by atomic mass is 10.2. The summed E-state index contributed by atoms with van der Waals surface area (Å²) in [7, 11) is 0. The normalized spacial score (nSPS) is 11.8. The minimum Gasteiger partial charge on any atom is -0.355 e. The summed E-state index contributed by atoms with van der Waals surface area (Å²) in [6, 6.07) is 13.2. The molecule has 29 heavy (non-hydrogen) atoms. The molecule has 0 spiro atoms. The molecule has 1 heterocycles. The molecule has 0 saturated carbocycles. The second kappa shape index (κ2) is 9.53. The van der Waals surface area contributed by atoms with Crippen LogP contribution in [0.15, 0.2) is 57.9 Å². The van der Waals surface area contributed by atoms with Crippen molar-refractivity contribution in [2.24, 2.45) is 0 Å². The zero-order valence-electron chi connectivity index (χ0n) is 15.4. The molecule has 0 bridgehead atoms. The van der Waals surface area contributed by atoms with Crippen molar-refractivity contribution in [3.8, 4) is 11.4 Å². The molecule has 3 rings (SSSR count). The zero-order valence-corrected chi connectivity index (χ0v) is 16.9. The summed E-state index contributed by atoms with van der Waals surface area (Å²) in [5, 5.41) is 17.7. The SMILES string of the molecule is CC(Sc1ccc([N+](=O)[O-])cc1)C(=O)NCCc1nc(-c2ccc(Cl)cc2)no1. The topological polar surface area (TPSA) is 111 Å². The molecule has 10 heteroatoms. The molecular formula is C19H17ClN4O4S. The summed E-state index contributed by atoms with van der Waals surface area (Å²) >= 11 is 7.19. The minimum absolute atomic E-state index is 0.0176. The van der Waals surface area contributed by atoms with Gasteiger partial charge in [0.1, 0.15) is 0 Å². The fourth-order valence-electron chi connectivity index (χ4n) is 2.41. The van der Waals surface area contributed by atoms with E-state index in [1.807, 2.05) is 0 Å². The Morgan fingerprint density at radius 1 is 1.24 bits per heavy atom. The number of benzene rings is 2. The molecule has 0 fully saturated rings. The summed E-state index contributed by atoms with van der Waals surface area (Å²) in [6.45, 7) is 2.12. The third-order valence-corrected chi connectivity index (χ3v) is 5.30. The van der Waals surface area contributed by atoms with Crippen LogP contribution >= 0.6 is 23.4 Å². The summed E-state index contributed by atoms with van der Waals surface area (Å²) in [4.78, 5) is 27.6. The van der Waals surface area contributed by atoms with Gasteiger partial charge in [-0.3, -0.25) is 14.9 Å². The quantitative estimate of drug-likeness (QED) is 0.323. The number of aromatic nitrogens is 2. The number of hydrogen-bond acceptors (Lipinski definition) is 7. The fourth-order valence-corrected chi connectivity index (χ4v) is 3.43. The molecule has 3 aromatic rings. The van der Waals surface area contributed by atoms with Gasteiger partial charge in [0.2, 0.25) is 17.6 Å². The van der Waals surface area contributed by atoms with Gasteiger partial charge in [0, 0.05) is 40.6 Å². The van der Waals surface area contributed by atoms with E-state index < -0.39 is 4.92 Å². The minimum atomic E-state index is -0.458. The number of nitro benzene ring substituents is 1. The molecule has 2 aromatic carbocycles. The number of amides is 1. The van der Waals surface area contributed by atoms with Crippen molar-refractivity contribution in [2.75, 3.05) is 6.54 Å². The summed E-state index contributed by atoms with van der Waals surface area (Å²) < 4.78 is 5.21. The second-order valence-electron chi connectivity index (χ2n) is 6.07. The highest BCUT2D eigenvalue weighted by Gasteiger charge is 2.16. The smallest absolute Gasteiger partial charge is 0.269 e. The molecular weight excluding hydrogens is 416 g/mol. The van der Waals surface area contributed by atoms with Gasteiger partial charge in [0.15, 0.2) is 0 Å². The predicted octanol–water partition coefficient (Wildman–Crippen LogP) is 4.14. The first-order chi connectivity index (χ1) is 13.9. The van der Waals surface area contributed by atoms with Crippen molar-refractivity contribution >= 4 is 35.0 Å². The summed E-state index contributed by atoms with van der Waals surface area (Å²) in [5.41, 5.74) is 0.811. The van der Waals surface area contributed by atoms with Gasteiger partial charge in [0.05, 0.1) is 10.2 Å². The molecule has 8 nitrogen and oxygen atoms in total. The number of nitrogens with zero attached hydrogens (tertiary/aromatic N) is 3. The van der Waals surface area contributed by atoms with Crippen LogP contribution in [0.4, 0.5) is 5.69 Å². The number of non-ortho nitro benzene ring substituents is 1. The van der Waals surface area contributed by atoms with E-state index in [4.69, 9.17) is 16.1 Å². The first kappa shape index (κ1) is 20.8. The number of carbonyl (C=O) groups is 1. The number of thioether (sulfide) groups is 1. The molecule has 0 aliphatic carbocycles. The van der Waals surface area contributed by atoms with E-state index in [0.29, 0.717) is 29.7 Å². The molecule has 0 radical (unpaired) electrons. The van der Waals surface area contributed by atoms with Gasteiger partial charge in [-0.2, -0.15) is 4.98 Å². The lowest BCUT2D eigenvalue weighted by Gasteiger charge is -2.11. The van der Waals surface area contributed by atoms with Crippen molar-refractivity contribution in [2.45, 2.75) is 23.5 Å². The Hall–Kier alpha value is -2.91. The Balaban J connectivity index is 1.46. The lowest BCUT2D eigenvalue weighted by Crippen LogP contribution is -2.32. The molecule has 1 amide bonds. The van der Waals surface area contributed by atoms with Crippen molar-refractivity contribution in [3.63, 3.8) is 0 Å². The van der Waals surface area contributed by atoms with Gasteiger partial charge in [-0.1, -0.05) is 16.8 Å². The Morgan fingerprint density at radius 3 is 2.59 bits per heavy atom. The number of nitrogens with one attached hydrogen (secondary N) is 1. The first-order valence-electron chi connectivity index (χ1n) is 8.70. The van der Waals surface area contributed by atoms with Crippen LogP contribution in [0.5, 0.6) is 0 Å². The molecule has 0 saturated heterocycles. The Morgan fingerprint density at radius 2 is 1.93 bits per heavy atom. The molecule has 1 unspecified atom stereocenters. The van der Waals surface area contributed by atoms with E-state index >= 15 is 0 Å². The molecule has 0 aliphatic rings. The average Bonchev–Trinajstić information content (AvgIpc) is 3.17. The van der Waals surface area contributed by atoms with Crippen LogP contribution in [0.3, 0.4) is 0 Å². The zero-order chi connectivity index (χ0) is 20.8. The summed E-state index contributed by atoms with van der Waals surface area (Å²) in [6.07, 6.45) is 0.404. The molecule has 0 aliphatic heterocycles. The number of nitro groups is 1. The van der Waals surface area contributed by atoms with Gasteiger partial charge < -0.3 is 9.84 Å². The van der Waals surface area contributed by atoms with Crippen LogP contribution in [0.1, 0.15) is 12.8 Å². The van der Waals surface area contributed by atoms with Crippen LogP contribution in [0.2, 0.25) is 5.02 Å². The highest BCUT2D eigenvalue weighted by Crippen LogP contribution is 2.25. The largest absolute Gasteiger partial charge is 0.355 e. The van der Waals surface area contributed by atoms with Gasteiger partial charge in [-0.25, -0.2) is 0 Å². The van der Waals surface area contributed by atoms with E-state index in [1.165, 1.54) is 23.9 Å². The van der Waals surface area contributed by atoms with Crippen molar-refractivity contribution in [1.29, 1.82) is 0 Å². The number of hydrogen-bond donors (Lipinski definition) is 1. The van der Waals surface area contributed by atoms with E-state index in [9.17, 15) is 14.9 Å². The third-order valence-electron chi connectivity index (χ3n) is 3.94. The lowest BCUT2D eigenvalue weighted by molar-refractivity contribution is -0.384. The van der Waals surface area contributed by atoms with Crippen LogP contribution in [-0.2, 0) is 11.2 Å². The monoisotopic (exact) mass is 432 g/mol. The number of carbonyl (C=O) groups excluding carboxylic acids is 1. The second-order valence-corrected chi connectivity index (χ2v) is 7.92. The molecule has 1 atom stereocenters.